The van der Waals surface area contributed by atoms with Gasteiger partial charge in [-0.2, -0.15) is 0 Å². The van der Waals surface area contributed by atoms with Gasteiger partial charge in [0.2, 0.25) is 5.91 Å². The molecule has 2 aliphatic heterocycles. The van der Waals surface area contributed by atoms with Crippen molar-refractivity contribution in [3.8, 4) is 0 Å². The summed E-state index contributed by atoms with van der Waals surface area (Å²) in [6.07, 6.45) is 9.02. The van der Waals surface area contributed by atoms with Crippen LogP contribution in [0.25, 0.3) is 0 Å². The van der Waals surface area contributed by atoms with Gasteiger partial charge in [-0.05, 0) is 38.0 Å². The number of ether oxygens (including phenoxy) is 1. The molecule has 0 radical (unpaired) electrons. The van der Waals surface area contributed by atoms with Gasteiger partial charge in [-0.15, -0.1) is 0 Å². The minimum atomic E-state index is -2.98. The number of amides is 1. The van der Waals surface area contributed by atoms with Crippen molar-refractivity contribution in [3.63, 3.8) is 0 Å². The summed E-state index contributed by atoms with van der Waals surface area (Å²) in [7, 11) is -2.98. The molecule has 3 fully saturated rings. The van der Waals surface area contributed by atoms with Crippen LogP contribution in [-0.2, 0) is 19.4 Å². The molecule has 0 aromatic carbocycles. The van der Waals surface area contributed by atoms with Gasteiger partial charge in [-0.1, -0.05) is 32.6 Å². The van der Waals surface area contributed by atoms with Crippen LogP contribution in [0.3, 0.4) is 0 Å². The summed E-state index contributed by atoms with van der Waals surface area (Å²) < 4.78 is 29.5. The van der Waals surface area contributed by atoms with Crippen LogP contribution in [0, 0.1) is 11.8 Å². The van der Waals surface area contributed by atoms with Crippen molar-refractivity contribution in [3.05, 3.63) is 0 Å². The summed E-state index contributed by atoms with van der Waals surface area (Å²) in [6.45, 7) is 2.63. The fourth-order valence-corrected chi connectivity index (χ4v) is 6.71. The van der Waals surface area contributed by atoms with Crippen molar-refractivity contribution in [1.82, 2.24) is 5.32 Å². The Balaban J connectivity index is 1.55. The van der Waals surface area contributed by atoms with Crippen LogP contribution in [0.2, 0.25) is 0 Å². The molecule has 3 aliphatic rings. The summed E-state index contributed by atoms with van der Waals surface area (Å²) in [6, 6.07) is 0.0529. The summed E-state index contributed by atoms with van der Waals surface area (Å²) in [5.74, 6) is 1.30. The molecule has 0 aromatic rings. The summed E-state index contributed by atoms with van der Waals surface area (Å²) >= 11 is 0. The fourth-order valence-electron chi connectivity index (χ4n) is 4.74. The van der Waals surface area contributed by atoms with Gasteiger partial charge in [0.15, 0.2) is 9.84 Å². The number of sulfone groups is 1. The largest absolute Gasteiger partial charge is 0.374 e. The molecule has 1 aliphatic carbocycles. The van der Waals surface area contributed by atoms with Gasteiger partial charge in [0.1, 0.15) is 0 Å². The van der Waals surface area contributed by atoms with Crippen molar-refractivity contribution < 1.29 is 17.9 Å². The normalized spacial score (nSPS) is 34.5. The lowest BCUT2D eigenvalue weighted by atomic mass is 9.88. The van der Waals surface area contributed by atoms with E-state index in [1.807, 2.05) is 0 Å². The highest BCUT2D eigenvalue weighted by Gasteiger charge is 2.47. The van der Waals surface area contributed by atoms with Gasteiger partial charge in [0.25, 0.3) is 0 Å². The van der Waals surface area contributed by atoms with Gasteiger partial charge < -0.3 is 10.1 Å². The molecule has 138 valence electrons. The smallest absolute Gasteiger partial charge is 0.223 e. The first-order chi connectivity index (χ1) is 11.4. The minimum absolute atomic E-state index is 0.0529. The molecule has 24 heavy (non-hydrogen) atoms. The average Bonchev–Trinajstić information content (AvgIpc) is 3.13. The van der Waals surface area contributed by atoms with Crippen LogP contribution in [0.4, 0.5) is 0 Å². The third kappa shape index (κ3) is 4.31. The lowest BCUT2D eigenvalue weighted by molar-refractivity contribution is -0.129. The van der Waals surface area contributed by atoms with E-state index in [2.05, 4.69) is 12.2 Å². The molecule has 3 rings (SSSR count). The SMILES string of the molecule is CCC(CC1CCCC1)C(=O)NC1CCOC2(CCS(=O)(=O)C2)C1. The third-order valence-corrected chi connectivity index (χ3v) is 7.94. The van der Waals surface area contributed by atoms with E-state index >= 15 is 0 Å². The van der Waals surface area contributed by atoms with Crippen LogP contribution in [0.5, 0.6) is 0 Å². The maximum absolute atomic E-state index is 12.7. The maximum Gasteiger partial charge on any atom is 0.223 e. The van der Waals surface area contributed by atoms with Crippen LogP contribution < -0.4 is 5.32 Å². The topological polar surface area (TPSA) is 72.5 Å². The lowest BCUT2D eigenvalue weighted by Gasteiger charge is -2.38. The highest BCUT2D eigenvalue weighted by atomic mass is 32.2. The highest BCUT2D eigenvalue weighted by molar-refractivity contribution is 7.91. The summed E-state index contributed by atoms with van der Waals surface area (Å²) in [5.41, 5.74) is -0.553. The van der Waals surface area contributed by atoms with Gasteiger partial charge in [0.05, 0.1) is 17.1 Å². The third-order valence-electron chi connectivity index (χ3n) is 6.15. The first kappa shape index (κ1) is 18.2. The van der Waals surface area contributed by atoms with Crippen LogP contribution in [-0.4, -0.2) is 44.1 Å². The predicted octanol–water partition coefficient (Wildman–Crippen LogP) is 2.45. The maximum atomic E-state index is 12.7. The van der Waals surface area contributed by atoms with Gasteiger partial charge in [0, 0.05) is 18.6 Å². The predicted molar refractivity (Wildman–Crippen MR) is 93.5 cm³/mol. The van der Waals surface area contributed by atoms with E-state index in [-0.39, 0.29) is 29.4 Å². The average molecular weight is 358 g/mol. The number of rotatable bonds is 5. The van der Waals surface area contributed by atoms with Crippen molar-refractivity contribution in [2.75, 3.05) is 18.1 Å². The zero-order valence-corrected chi connectivity index (χ0v) is 15.6. The minimum Gasteiger partial charge on any atom is -0.374 e. The van der Waals surface area contributed by atoms with E-state index in [1.165, 1.54) is 25.7 Å². The molecule has 0 aromatic heterocycles. The van der Waals surface area contributed by atoms with E-state index in [0.717, 1.165) is 19.3 Å². The number of hydrogen-bond donors (Lipinski definition) is 1. The standard InChI is InChI=1S/C18H31NO4S/c1-2-15(11-14-5-3-4-6-14)17(20)19-16-7-9-23-18(12-16)8-10-24(21,22)13-18/h14-16H,2-13H2,1H3,(H,19,20). The highest BCUT2D eigenvalue weighted by Crippen LogP contribution is 2.36. The molecule has 2 saturated heterocycles. The number of carbonyl (C=O) groups is 1. The van der Waals surface area contributed by atoms with E-state index in [0.29, 0.717) is 25.4 Å². The lowest BCUT2D eigenvalue weighted by Crippen LogP contribution is -2.50. The molecular formula is C18H31NO4S. The van der Waals surface area contributed by atoms with Crippen molar-refractivity contribution in [2.24, 2.45) is 11.8 Å². The quantitative estimate of drug-likeness (QED) is 0.820. The summed E-state index contributed by atoms with van der Waals surface area (Å²) in [5, 5.41) is 3.21. The first-order valence-corrected chi connectivity index (χ1v) is 11.4. The second kappa shape index (κ2) is 7.32. The Kier molecular flexibility index (Phi) is 5.55. The Morgan fingerprint density at radius 2 is 2.04 bits per heavy atom. The van der Waals surface area contributed by atoms with E-state index < -0.39 is 15.4 Å². The molecular weight excluding hydrogens is 326 g/mol. The molecule has 6 heteroatoms. The number of carbonyl (C=O) groups excluding carboxylic acids is 1. The molecule has 1 saturated carbocycles. The van der Waals surface area contributed by atoms with Crippen molar-refractivity contribution in [2.45, 2.75) is 76.4 Å². The second-order valence-corrected chi connectivity index (χ2v) is 10.2. The van der Waals surface area contributed by atoms with E-state index in [4.69, 9.17) is 4.74 Å². The Labute approximate surface area is 145 Å². The van der Waals surface area contributed by atoms with Crippen molar-refractivity contribution >= 4 is 15.7 Å². The van der Waals surface area contributed by atoms with E-state index in [9.17, 15) is 13.2 Å². The van der Waals surface area contributed by atoms with E-state index in [1.54, 1.807) is 0 Å². The molecule has 1 amide bonds. The van der Waals surface area contributed by atoms with Crippen LogP contribution >= 0.6 is 0 Å². The van der Waals surface area contributed by atoms with Crippen molar-refractivity contribution in [1.29, 1.82) is 0 Å². The Hall–Kier alpha value is -0.620. The molecule has 0 bridgehead atoms. The molecule has 3 unspecified atom stereocenters. The van der Waals surface area contributed by atoms with Gasteiger partial charge in [-0.25, -0.2) is 8.42 Å². The van der Waals surface area contributed by atoms with Crippen LogP contribution in [0.1, 0.15) is 64.7 Å². The Morgan fingerprint density at radius 1 is 1.29 bits per heavy atom. The molecule has 3 atom stereocenters. The molecule has 2 heterocycles. The first-order valence-electron chi connectivity index (χ1n) is 9.56. The fraction of sp³-hybridized carbons (Fsp3) is 0.944. The molecule has 5 nitrogen and oxygen atoms in total. The number of hydrogen-bond acceptors (Lipinski definition) is 4. The monoisotopic (exact) mass is 357 g/mol. The van der Waals surface area contributed by atoms with Gasteiger partial charge >= 0.3 is 0 Å². The second-order valence-electron chi connectivity index (χ2n) is 8.06. The van der Waals surface area contributed by atoms with Gasteiger partial charge in [-0.3, -0.25) is 4.79 Å². The molecule has 1 N–H and O–H groups in total. The molecule has 1 spiro atoms. The zero-order chi connectivity index (χ0) is 17.2. The number of nitrogens with one attached hydrogen (secondary N) is 1. The Bertz CT molecular complexity index is 555. The summed E-state index contributed by atoms with van der Waals surface area (Å²) in [4.78, 5) is 12.7. The Morgan fingerprint density at radius 3 is 2.67 bits per heavy atom. The van der Waals surface area contributed by atoms with Crippen LogP contribution in [0.15, 0.2) is 0 Å². The zero-order valence-electron chi connectivity index (χ0n) is 14.8.